The molecule has 2 aromatic carbocycles. The van der Waals surface area contributed by atoms with Gasteiger partial charge in [-0.05, 0) is 18.6 Å². The van der Waals surface area contributed by atoms with Crippen molar-refractivity contribution in [3.8, 4) is 0 Å². The van der Waals surface area contributed by atoms with Gasteiger partial charge in [0.2, 0.25) is 0 Å². The number of fused-ring (bicyclic) bond motifs is 1. The molecular formula is C19H21NO. The summed E-state index contributed by atoms with van der Waals surface area (Å²) in [6.45, 7) is 5.17. The van der Waals surface area contributed by atoms with Crippen LogP contribution in [0.1, 0.15) is 36.8 Å². The van der Waals surface area contributed by atoms with Crippen LogP contribution in [0.5, 0.6) is 0 Å². The molecule has 0 saturated carbocycles. The molecule has 21 heavy (non-hydrogen) atoms. The van der Waals surface area contributed by atoms with Crippen LogP contribution in [-0.2, 0) is 13.0 Å². The number of benzene rings is 2. The molecule has 0 saturated heterocycles. The fourth-order valence-electron chi connectivity index (χ4n) is 2.74. The zero-order valence-corrected chi connectivity index (χ0v) is 12.6. The summed E-state index contributed by atoms with van der Waals surface area (Å²) in [6.07, 6.45) is 0.922. The van der Waals surface area contributed by atoms with Crippen molar-refractivity contribution in [3.63, 3.8) is 0 Å². The van der Waals surface area contributed by atoms with Gasteiger partial charge in [0.05, 0.1) is 0 Å². The summed E-state index contributed by atoms with van der Waals surface area (Å²) in [4.78, 5) is 0. The van der Waals surface area contributed by atoms with Crippen molar-refractivity contribution < 1.29 is 4.42 Å². The van der Waals surface area contributed by atoms with Gasteiger partial charge < -0.3 is 9.73 Å². The highest BCUT2D eigenvalue weighted by atomic mass is 16.3. The van der Waals surface area contributed by atoms with Crippen LogP contribution in [-0.4, -0.2) is 0 Å². The van der Waals surface area contributed by atoms with E-state index in [4.69, 9.17) is 4.42 Å². The van der Waals surface area contributed by atoms with Crippen LogP contribution in [0.2, 0.25) is 0 Å². The fraction of sp³-hybridized carbons (Fsp3) is 0.263. The molecule has 0 spiro atoms. The molecule has 2 nitrogen and oxygen atoms in total. The maximum Gasteiger partial charge on any atom is 0.134 e. The van der Waals surface area contributed by atoms with E-state index < -0.39 is 0 Å². The zero-order valence-electron chi connectivity index (χ0n) is 12.6. The molecule has 0 unspecified atom stereocenters. The predicted molar refractivity (Wildman–Crippen MR) is 87.3 cm³/mol. The molecule has 1 aromatic heterocycles. The third-order valence-corrected chi connectivity index (χ3v) is 3.99. The number of aryl methyl sites for hydroxylation is 1. The summed E-state index contributed by atoms with van der Waals surface area (Å²) in [7, 11) is 0. The van der Waals surface area contributed by atoms with Gasteiger partial charge in [0.15, 0.2) is 0 Å². The third kappa shape index (κ3) is 2.86. The predicted octanol–water partition coefficient (Wildman–Crippen LogP) is 4.85. The monoisotopic (exact) mass is 279 g/mol. The van der Waals surface area contributed by atoms with E-state index in [1.54, 1.807) is 0 Å². The molecule has 0 fully saturated rings. The quantitative estimate of drug-likeness (QED) is 0.722. The van der Waals surface area contributed by atoms with Crippen LogP contribution in [0.15, 0.2) is 59.0 Å². The van der Waals surface area contributed by atoms with Gasteiger partial charge >= 0.3 is 0 Å². The number of hydrogen-bond donors (Lipinski definition) is 1. The van der Waals surface area contributed by atoms with Crippen molar-refractivity contribution >= 4 is 11.0 Å². The first kappa shape index (κ1) is 13.9. The van der Waals surface area contributed by atoms with Gasteiger partial charge in [0.1, 0.15) is 11.3 Å². The van der Waals surface area contributed by atoms with E-state index in [1.807, 2.05) is 12.1 Å². The summed E-state index contributed by atoms with van der Waals surface area (Å²) < 4.78 is 5.95. The normalized spacial score (nSPS) is 12.7. The van der Waals surface area contributed by atoms with E-state index in [2.05, 4.69) is 61.6 Å². The molecule has 3 rings (SSSR count). The molecule has 108 valence electrons. The number of nitrogens with one attached hydrogen (secondary N) is 1. The SMILES string of the molecule is CCc1oc2ccccc2c1CN[C@H](C)c1ccccc1. The van der Waals surface area contributed by atoms with E-state index in [-0.39, 0.29) is 0 Å². The van der Waals surface area contributed by atoms with Gasteiger partial charge in [0, 0.05) is 30.0 Å². The lowest BCUT2D eigenvalue weighted by Gasteiger charge is -2.14. The second-order valence-electron chi connectivity index (χ2n) is 5.37. The van der Waals surface area contributed by atoms with Crippen LogP contribution in [0.3, 0.4) is 0 Å². The van der Waals surface area contributed by atoms with Crippen LogP contribution >= 0.6 is 0 Å². The second-order valence-corrected chi connectivity index (χ2v) is 5.37. The van der Waals surface area contributed by atoms with Gasteiger partial charge in [-0.3, -0.25) is 0 Å². The smallest absolute Gasteiger partial charge is 0.134 e. The fourth-order valence-corrected chi connectivity index (χ4v) is 2.74. The molecule has 3 aromatic rings. The van der Waals surface area contributed by atoms with E-state index >= 15 is 0 Å². The van der Waals surface area contributed by atoms with Crippen molar-refractivity contribution in [2.45, 2.75) is 32.9 Å². The Kier molecular flexibility index (Phi) is 4.07. The zero-order chi connectivity index (χ0) is 14.7. The van der Waals surface area contributed by atoms with Crippen molar-refractivity contribution in [2.24, 2.45) is 0 Å². The van der Waals surface area contributed by atoms with Crippen molar-refractivity contribution in [3.05, 3.63) is 71.5 Å². The minimum absolute atomic E-state index is 0.324. The highest BCUT2D eigenvalue weighted by Gasteiger charge is 2.13. The van der Waals surface area contributed by atoms with Crippen LogP contribution in [0, 0.1) is 0 Å². The molecule has 0 radical (unpaired) electrons. The van der Waals surface area contributed by atoms with Crippen molar-refractivity contribution in [1.29, 1.82) is 0 Å². The molecule has 0 amide bonds. The molecule has 2 heteroatoms. The van der Waals surface area contributed by atoms with Crippen molar-refractivity contribution in [2.75, 3.05) is 0 Å². The first-order valence-corrected chi connectivity index (χ1v) is 7.57. The van der Waals surface area contributed by atoms with Gasteiger partial charge in [-0.25, -0.2) is 0 Å². The summed E-state index contributed by atoms with van der Waals surface area (Å²) >= 11 is 0. The number of furan rings is 1. The van der Waals surface area contributed by atoms with Crippen LogP contribution in [0.4, 0.5) is 0 Å². The first-order valence-electron chi connectivity index (χ1n) is 7.57. The molecule has 0 aliphatic rings. The maximum atomic E-state index is 5.95. The van der Waals surface area contributed by atoms with Gasteiger partial charge in [-0.1, -0.05) is 55.5 Å². The molecule has 1 N–H and O–H groups in total. The first-order chi connectivity index (χ1) is 10.3. The number of hydrogen-bond acceptors (Lipinski definition) is 2. The third-order valence-electron chi connectivity index (χ3n) is 3.99. The second kappa shape index (κ2) is 6.15. The lowest BCUT2D eigenvalue weighted by molar-refractivity contribution is 0.530. The van der Waals surface area contributed by atoms with E-state index in [0.29, 0.717) is 6.04 Å². The molecule has 1 heterocycles. The summed E-state index contributed by atoms with van der Waals surface area (Å²) in [6, 6.07) is 19.1. The van der Waals surface area contributed by atoms with Gasteiger partial charge in [-0.2, -0.15) is 0 Å². The highest BCUT2D eigenvalue weighted by molar-refractivity contribution is 5.82. The Bertz CT molecular complexity index is 715. The average molecular weight is 279 g/mol. The lowest BCUT2D eigenvalue weighted by Crippen LogP contribution is -2.18. The topological polar surface area (TPSA) is 25.2 Å². The Balaban J connectivity index is 1.82. The Morgan fingerprint density at radius 3 is 2.48 bits per heavy atom. The largest absolute Gasteiger partial charge is 0.461 e. The average Bonchev–Trinajstić information content (AvgIpc) is 2.91. The summed E-state index contributed by atoms with van der Waals surface area (Å²) in [5.74, 6) is 1.09. The van der Waals surface area contributed by atoms with E-state index in [1.165, 1.54) is 16.5 Å². The molecule has 1 atom stereocenters. The minimum atomic E-state index is 0.324. The summed E-state index contributed by atoms with van der Waals surface area (Å²) in [5.41, 5.74) is 3.58. The molecule has 0 aliphatic heterocycles. The molecule has 0 bridgehead atoms. The highest BCUT2D eigenvalue weighted by Crippen LogP contribution is 2.26. The van der Waals surface area contributed by atoms with Crippen LogP contribution < -0.4 is 5.32 Å². The standard InChI is InChI=1S/C19H21NO/c1-3-18-17(16-11-7-8-12-19(16)21-18)13-20-14(2)15-9-5-4-6-10-15/h4-12,14,20H,3,13H2,1-2H3/t14-/m1/s1. The van der Waals surface area contributed by atoms with Gasteiger partial charge in [0.25, 0.3) is 0 Å². The lowest BCUT2D eigenvalue weighted by atomic mass is 10.1. The van der Waals surface area contributed by atoms with Gasteiger partial charge in [-0.15, -0.1) is 0 Å². The molecule has 0 aliphatic carbocycles. The Labute approximate surface area is 125 Å². The van der Waals surface area contributed by atoms with Crippen LogP contribution in [0.25, 0.3) is 11.0 Å². The number of para-hydroxylation sites is 1. The van der Waals surface area contributed by atoms with E-state index in [9.17, 15) is 0 Å². The van der Waals surface area contributed by atoms with E-state index in [0.717, 1.165) is 24.3 Å². The van der Waals surface area contributed by atoms with Crippen molar-refractivity contribution in [1.82, 2.24) is 5.32 Å². The Morgan fingerprint density at radius 2 is 1.71 bits per heavy atom. The summed E-state index contributed by atoms with van der Waals surface area (Å²) in [5, 5.41) is 4.83. The Hall–Kier alpha value is -2.06. The molecular weight excluding hydrogens is 258 g/mol. The Morgan fingerprint density at radius 1 is 1.00 bits per heavy atom. The minimum Gasteiger partial charge on any atom is -0.461 e. The maximum absolute atomic E-state index is 5.95. The number of rotatable bonds is 5.